The lowest BCUT2D eigenvalue weighted by atomic mass is 10.0. The third kappa shape index (κ3) is 3.51. The molecule has 7 heteroatoms. The zero-order valence-corrected chi connectivity index (χ0v) is 15.5. The Morgan fingerprint density at radius 2 is 1.96 bits per heavy atom. The highest BCUT2D eigenvalue weighted by Gasteiger charge is 2.27. The molecule has 3 aromatic rings. The number of nitrogens with zero attached hydrogens (tertiary/aromatic N) is 3. The second kappa shape index (κ2) is 7.26. The monoisotopic (exact) mass is 378 g/mol. The quantitative estimate of drug-likeness (QED) is 0.744. The van der Waals surface area contributed by atoms with Crippen molar-refractivity contribution in [3.05, 3.63) is 77.4 Å². The smallest absolute Gasteiger partial charge is 0.273 e. The third-order valence-corrected chi connectivity index (χ3v) is 4.55. The first kappa shape index (κ1) is 17.9. The average Bonchev–Trinajstić information content (AvgIpc) is 3.29. The molecule has 0 aliphatic carbocycles. The Kier molecular flexibility index (Phi) is 4.65. The van der Waals surface area contributed by atoms with Crippen LogP contribution in [0.4, 0.5) is 10.1 Å². The molecule has 0 saturated carbocycles. The van der Waals surface area contributed by atoms with Crippen LogP contribution in [-0.4, -0.2) is 21.4 Å². The summed E-state index contributed by atoms with van der Waals surface area (Å²) in [5, 5.41) is 10.8. The fourth-order valence-electron chi connectivity index (χ4n) is 3.19. The average molecular weight is 378 g/mol. The van der Waals surface area contributed by atoms with Gasteiger partial charge in [-0.2, -0.15) is 5.10 Å². The van der Waals surface area contributed by atoms with Crippen molar-refractivity contribution in [2.24, 2.45) is 5.16 Å². The Bertz CT molecular complexity index is 1060. The summed E-state index contributed by atoms with van der Waals surface area (Å²) in [6.07, 6.45) is 0.0782. The summed E-state index contributed by atoms with van der Waals surface area (Å²) in [6, 6.07) is 15.9. The van der Waals surface area contributed by atoms with Crippen LogP contribution in [0, 0.1) is 19.7 Å². The van der Waals surface area contributed by atoms with Gasteiger partial charge in [0.05, 0.1) is 5.69 Å². The minimum atomic E-state index is -0.476. The Labute approximate surface area is 161 Å². The summed E-state index contributed by atoms with van der Waals surface area (Å²) in [4.78, 5) is 17.8. The second-order valence-corrected chi connectivity index (χ2v) is 6.71. The van der Waals surface area contributed by atoms with Crippen molar-refractivity contribution in [1.82, 2.24) is 9.78 Å². The lowest BCUT2D eigenvalue weighted by Crippen LogP contribution is -2.22. The molecule has 4 rings (SSSR count). The summed E-state index contributed by atoms with van der Waals surface area (Å²) in [5.41, 5.74) is 3.54. The molecule has 0 fully saturated rings. The van der Waals surface area contributed by atoms with Gasteiger partial charge >= 0.3 is 0 Å². The highest BCUT2D eigenvalue weighted by molar-refractivity contribution is 6.43. The molecular formula is C21H19FN4O2. The van der Waals surface area contributed by atoms with Gasteiger partial charge in [-0.05, 0) is 43.7 Å². The van der Waals surface area contributed by atoms with Crippen LogP contribution in [0.2, 0.25) is 0 Å². The summed E-state index contributed by atoms with van der Waals surface area (Å²) in [6.45, 7) is 3.71. The number of amides is 1. The molecule has 0 radical (unpaired) electrons. The van der Waals surface area contributed by atoms with Gasteiger partial charge in [-0.1, -0.05) is 35.5 Å². The van der Waals surface area contributed by atoms with Gasteiger partial charge < -0.3 is 10.2 Å². The van der Waals surface area contributed by atoms with E-state index < -0.39 is 11.7 Å². The summed E-state index contributed by atoms with van der Waals surface area (Å²) < 4.78 is 16.1. The summed E-state index contributed by atoms with van der Waals surface area (Å²) in [7, 11) is 0. The molecule has 2 heterocycles. The van der Waals surface area contributed by atoms with Gasteiger partial charge in [0.2, 0.25) is 0 Å². The number of nitrogens with one attached hydrogen (secondary N) is 1. The van der Waals surface area contributed by atoms with Crippen LogP contribution in [0.5, 0.6) is 0 Å². The number of aryl methyl sites for hydroxylation is 2. The molecule has 1 aromatic heterocycles. The first-order valence-corrected chi connectivity index (χ1v) is 8.93. The molecule has 0 spiro atoms. The number of anilines is 1. The lowest BCUT2D eigenvalue weighted by Gasteiger charge is -2.09. The van der Waals surface area contributed by atoms with Crippen molar-refractivity contribution in [3.8, 4) is 5.69 Å². The predicted octanol–water partition coefficient (Wildman–Crippen LogP) is 4.08. The van der Waals surface area contributed by atoms with Gasteiger partial charge in [-0.15, -0.1) is 0 Å². The lowest BCUT2D eigenvalue weighted by molar-refractivity contribution is -0.110. The number of aromatic nitrogens is 2. The molecule has 1 atom stereocenters. The minimum Gasteiger partial charge on any atom is -0.387 e. The number of oxime groups is 1. The molecule has 0 unspecified atom stereocenters. The molecule has 1 amide bonds. The van der Waals surface area contributed by atoms with Crippen molar-refractivity contribution < 1.29 is 14.0 Å². The first-order chi connectivity index (χ1) is 13.5. The van der Waals surface area contributed by atoms with Gasteiger partial charge in [0.15, 0.2) is 11.9 Å². The van der Waals surface area contributed by atoms with E-state index >= 15 is 0 Å². The summed E-state index contributed by atoms with van der Waals surface area (Å²) >= 11 is 0. The van der Waals surface area contributed by atoms with E-state index in [1.54, 1.807) is 12.1 Å². The van der Waals surface area contributed by atoms with E-state index in [-0.39, 0.29) is 11.8 Å². The predicted molar refractivity (Wildman–Crippen MR) is 104 cm³/mol. The van der Waals surface area contributed by atoms with E-state index in [9.17, 15) is 9.18 Å². The molecule has 1 aliphatic rings. The number of carbonyl (C=O) groups is 1. The van der Waals surface area contributed by atoms with Crippen LogP contribution in [-0.2, 0) is 9.63 Å². The van der Waals surface area contributed by atoms with Gasteiger partial charge in [0, 0.05) is 17.8 Å². The first-order valence-electron chi connectivity index (χ1n) is 8.93. The minimum absolute atomic E-state index is 0.275. The van der Waals surface area contributed by atoms with E-state index in [0.717, 1.165) is 17.0 Å². The molecule has 2 aromatic carbocycles. The Balaban J connectivity index is 1.45. The van der Waals surface area contributed by atoms with Crippen LogP contribution in [0.25, 0.3) is 5.69 Å². The van der Waals surface area contributed by atoms with E-state index in [2.05, 4.69) is 15.6 Å². The fourth-order valence-corrected chi connectivity index (χ4v) is 3.19. The number of halogens is 1. The van der Waals surface area contributed by atoms with Crippen LogP contribution >= 0.6 is 0 Å². The van der Waals surface area contributed by atoms with Crippen molar-refractivity contribution in [3.63, 3.8) is 0 Å². The van der Waals surface area contributed by atoms with Crippen molar-refractivity contribution in [1.29, 1.82) is 0 Å². The maximum atomic E-state index is 14.6. The van der Waals surface area contributed by atoms with Crippen LogP contribution in [0.3, 0.4) is 0 Å². The van der Waals surface area contributed by atoms with Crippen LogP contribution in [0.1, 0.15) is 29.5 Å². The number of hydrogen-bond donors (Lipinski definition) is 1. The second-order valence-electron chi connectivity index (χ2n) is 6.71. The normalized spacial score (nSPS) is 15.8. The van der Waals surface area contributed by atoms with E-state index in [1.807, 2.05) is 50.2 Å². The van der Waals surface area contributed by atoms with Gasteiger partial charge in [0.25, 0.3) is 5.91 Å². The zero-order chi connectivity index (χ0) is 19.7. The number of hydrogen-bond acceptors (Lipinski definition) is 4. The molecule has 6 nitrogen and oxygen atoms in total. The van der Waals surface area contributed by atoms with Gasteiger partial charge in [0.1, 0.15) is 11.4 Å². The maximum absolute atomic E-state index is 14.6. The Morgan fingerprint density at radius 3 is 2.64 bits per heavy atom. The van der Waals surface area contributed by atoms with Gasteiger partial charge in [-0.25, -0.2) is 9.07 Å². The maximum Gasteiger partial charge on any atom is 0.273 e. The standard InChI is InChI=1S/C21H19FN4O2/c1-13-10-14(2)26(24-13)19-9-8-16(11-17(19)22)23-21(27)18-12-20(28-25-18)15-6-4-3-5-7-15/h3-11,20H,12H2,1-2H3,(H,23,27)/t20-/m1/s1. The number of benzene rings is 2. The van der Waals surface area contributed by atoms with Crippen molar-refractivity contribution >= 4 is 17.3 Å². The Morgan fingerprint density at radius 1 is 1.18 bits per heavy atom. The molecule has 0 bridgehead atoms. The molecule has 1 aliphatic heterocycles. The summed E-state index contributed by atoms with van der Waals surface area (Å²) in [5.74, 6) is -0.882. The number of rotatable bonds is 4. The van der Waals surface area contributed by atoms with E-state index in [0.29, 0.717) is 17.8 Å². The molecule has 1 N–H and O–H groups in total. The third-order valence-electron chi connectivity index (χ3n) is 4.55. The van der Waals surface area contributed by atoms with E-state index in [1.165, 1.54) is 10.7 Å². The fraction of sp³-hybridized carbons (Fsp3) is 0.190. The molecule has 28 heavy (non-hydrogen) atoms. The highest BCUT2D eigenvalue weighted by Crippen LogP contribution is 2.27. The van der Waals surface area contributed by atoms with Crippen LogP contribution in [0.15, 0.2) is 59.8 Å². The van der Waals surface area contributed by atoms with Crippen molar-refractivity contribution in [2.45, 2.75) is 26.4 Å². The van der Waals surface area contributed by atoms with Crippen molar-refractivity contribution in [2.75, 3.05) is 5.32 Å². The SMILES string of the molecule is Cc1cc(C)n(-c2ccc(NC(=O)C3=NO[C@@H](c4ccccc4)C3)cc2F)n1. The topological polar surface area (TPSA) is 68.5 Å². The zero-order valence-electron chi connectivity index (χ0n) is 15.5. The van der Waals surface area contributed by atoms with E-state index in [4.69, 9.17) is 4.84 Å². The molecule has 0 saturated heterocycles. The van der Waals surface area contributed by atoms with Gasteiger partial charge in [-0.3, -0.25) is 4.79 Å². The van der Waals surface area contributed by atoms with Crippen LogP contribution < -0.4 is 5.32 Å². The highest BCUT2D eigenvalue weighted by atomic mass is 19.1. The molecule has 142 valence electrons. The number of carbonyl (C=O) groups excluding carboxylic acids is 1. The molecular weight excluding hydrogens is 359 g/mol. The Hall–Kier alpha value is -3.48. The largest absolute Gasteiger partial charge is 0.387 e.